The van der Waals surface area contributed by atoms with E-state index in [0.717, 1.165) is 12.8 Å². The van der Waals surface area contributed by atoms with Gasteiger partial charge in [-0.25, -0.2) is 8.42 Å². The maximum Gasteiger partial charge on any atom is 0.153 e. The summed E-state index contributed by atoms with van der Waals surface area (Å²) in [5.74, 6) is 0.365. The van der Waals surface area contributed by atoms with Crippen LogP contribution in [0.25, 0.3) is 0 Å². The molecule has 0 radical (unpaired) electrons. The molecular weight excluding hydrogens is 254 g/mol. The number of sulfone groups is 1. The van der Waals surface area contributed by atoms with Crippen LogP contribution in [-0.2, 0) is 9.84 Å². The molecule has 0 amide bonds. The zero-order chi connectivity index (χ0) is 13.8. The van der Waals surface area contributed by atoms with Crippen LogP contribution in [0.1, 0.15) is 33.1 Å². The summed E-state index contributed by atoms with van der Waals surface area (Å²) < 4.78 is 23.5. The predicted octanol–water partition coefficient (Wildman–Crippen LogP) is 0.411. The quantitative estimate of drug-likeness (QED) is 0.290. The molecule has 0 spiro atoms. The van der Waals surface area contributed by atoms with Crippen LogP contribution in [0.5, 0.6) is 0 Å². The Morgan fingerprint density at radius 2 is 2.06 bits per heavy atom. The Kier molecular flexibility index (Phi) is 5.40. The Morgan fingerprint density at radius 1 is 1.44 bits per heavy atom. The van der Waals surface area contributed by atoms with Crippen LogP contribution in [0.3, 0.4) is 0 Å². The molecule has 6 nitrogen and oxygen atoms in total. The molecule has 1 saturated carbocycles. The molecule has 1 rings (SSSR count). The van der Waals surface area contributed by atoms with Crippen LogP contribution >= 0.6 is 0 Å². The number of nitrogens with zero attached hydrogens (tertiary/aromatic N) is 2. The highest BCUT2D eigenvalue weighted by Crippen LogP contribution is 2.26. The number of nitrogens with two attached hydrogens (primary N) is 1. The van der Waals surface area contributed by atoms with Gasteiger partial charge in [0.1, 0.15) is 5.84 Å². The second-order valence-electron chi connectivity index (χ2n) is 5.02. The van der Waals surface area contributed by atoms with E-state index in [1.807, 2.05) is 0 Å². The largest absolute Gasteiger partial charge is 0.409 e. The Balaban J connectivity index is 2.44. The van der Waals surface area contributed by atoms with Crippen LogP contribution in [0.4, 0.5) is 0 Å². The lowest BCUT2D eigenvalue weighted by Crippen LogP contribution is -2.35. The summed E-state index contributed by atoms with van der Waals surface area (Å²) in [6, 6.07) is 0.471. The molecule has 0 saturated heterocycles. The number of amidine groups is 1. The first kappa shape index (κ1) is 15.2. The molecule has 106 valence electrons. The second kappa shape index (κ2) is 6.38. The minimum Gasteiger partial charge on any atom is -0.409 e. The molecule has 0 aromatic carbocycles. The van der Waals surface area contributed by atoms with Crippen molar-refractivity contribution in [3.63, 3.8) is 0 Å². The fraction of sp³-hybridized carbons (Fsp3) is 0.909. The first-order valence-electron chi connectivity index (χ1n) is 6.29. The SMILES string of the molecule is CC(C)S(=O)(=O)CCN(CCC(N)=NO)C1CC1. The standard InChI is InChI=1S/C11H23N3O3S/c1-9(2)18(16,17)8-7-14(10-3-4-10)6-5-11(12)13-15/h9-10,15H,3-8H2,1-2H3,(H2,12,13). The molecule has 0 unspecified atom stereocenters. The number of hydrogen-bond acceptors (Lipinski definition) is 5. The third-order valence-electron chi connectivity index (χ3n) is 3.23. The van der Waals surface area contributed by atoms with Gasteiger partial charge < -0.3 is 10.9 Å². The summed E-state index contributed by atoms with van der Waals surface area (Å²) in [5.41, 5.74) is 5.43. The fourth-order valence-electron chi connectivity index (χ4n) is 1.70. The van der Waals surface area contributed by atoms with E-state index in [4.69, 9.17) is 10.9 Å². The van der Waals surface area contributed by atoms with Crippen LogP contribution in [-0.4, -0.2) is 54.5 Å². The summed E-state index contributed by atoms with van der Waals surface area (Å²) >= 11 is 0. The molecule has 3 N–H and O–H groups in total. The maximum absolute atomic E-state index is 11.8. The summed E-state index contributed by atoms with van der Waals surface area (Å²) in [4.78, 5) is 2.12. The summed E-state index contributed by atoms with van der Waals surface area (Å²) in [6.45, 7) is 4.58. The van der Waals surface area contributed by atoms with Gasteiger partial charge in [0, 0.05) is 25.6 Å². The van der Waals surface area contributed by atoms with Crippen molar-refractivity contribution in [3.8, 4) is 0 Å². The van der Waals surface area contributed by atoms with Crippen molar-refractivity contribution >= 4 is 15.7 Å². The molecule has 0 atom stereocenters. The molecule has 18 heavy (non-hydrogen) atoms. The van der Waals surface area contributed by atoms with Gasteiger partial charge in [0.25, 0.3) is 0 Å². The van der Waals surface area contributed by atoms with Crippen molar-refractivity contribution in [2.24, 2.45) is 10.9 Å². The third-order valence-corrected chi connectivity index (χ3v) is 5.42. The highest BCUT2D eigenvalue weighted by molar-refractivity contribution is 7.92. The molecular formula is C11H23N3O3S. The minimum atomic E-state index is -3.00. The third kappa shape index (κ3) is 4.81. The van der Waals surface area contributed by atoms with Gasteiger partial charge in [-0.15, -0.1) is 0 Å². The molecule has 1 fully saturated rings. The van der Waals surface area contributed by atoms with Crippen LogP contribution in [0.15, 0.2) is 5.16 Å². The molecule has 0 aliphatic heterocycles. The smallest absolute Gasteiger partial charge is 0.153 e. The number of oxime groups is 1. The first-order valence-corrected chi connectivity index (χ1v) is 8.00. The molecule has 1 aliphatic carbocycles. The predicted molar refractivity (Wildman–Crippen MR) is 71.5 cm³/mol. The normalized spacial score (nSPS) is 17.7. The van der Waals surface area contributed by atoms with E-state index in [-0.39, 0.29) is 16.8 Å². The lowest BCUT2D eigenvalue weighted by Gasteiger charge is -2.22. The van der Waals surface area contributed by atoms with E-state index in [1.165, 1.54) is 0 Å². The van der Waals surface area contributed by atoms with Crippen molar-refractivity contribution < 1.29 is 13.6 Å². The maximum atomic E-state index is 11.8. The molecule has 0 bridgehead atoms. The summed E-state index contributed by atoms with van der Waals surface area (Å²) in [6.07, 6.45) is 2.69. The van der Waals surface area contributed by atoms with Gasteiger partial charge in [-0.3, -0.25) is 4.90 Å². The average molecular weight is 277 g/mol. The Morgan fingerprint density at radius 3 is 2.50 bits per heavy atom. The van der Waals surface area contributed by atoms with Gasteiger partial charge in [0.2, 0.25) is 0 Å². The van der Waals surface area contributed by atoms with Crippen LogP contribution < -0.4 is 5.73 Å². The topological polar surface area (TPSA) is 96.0 Å². The zero-order valence-electron chi connectivity index (χ0n) is 11.0. The van der Waals surface area contributed by atoms with Crippen LogP contribution in [0, 0.1) is 0 Å². The Hall–Kier alpha value is -0.820. The first-order chi connectivity index (χ1) is 8.36. The van der Waals surface area contributed by atoms with Crippen molar-refractivity contribution in [1.29, 1.82) is 0 Å². The van der Waals surface area contributed by atoms with E-state index in [9.17, 15) is 8.42 Å². The molecule has 0 aromatic heterocycles. The minimum absolute atomic E-state index is 0.178. The fourth-order valence-corrected chi connectivity index (χ4v) is 2.67. The summed E-state index contributed by atoms with van der Waals surface area (Å²) in [7, 11) is -3.00. The average Bonchev–Trinajstić information content (AvgIpc) is 3.12. The molecule has 1 aliphatic rings. The Labute approximate surface area is 109 Å². The van der Waals surface area contributed by atoms with Gasteiger partial charge in [0.15, 0.2) is 9.84 Å². The van der Waals surface area contributed by atoms with Crippen molar-refractivity contribution in [2.75, 3.05) is 18.8 Å². The van der Waals surface area contributed by atoms with E-state index in [2.05, 4.69) is 10.1 Å². The monoisotopic (exact) mass is 277 g/mol. The number of rotatable bonds is 8. The zero-order valence-corrected chi connectivity index (χ0v) is 11.9. The van der Waals surface area contributed by atoms with Crippen molar-refractivity contribution in [3.05, 3.63) is 0 Å². The Bertz CT molecular complexity index is 388. The van der Waals surface area contributed by atoms with Crippen molar-refractivity contribution in [2.45, 2.75) is 44.4 Å². The number of hydrogen-bond donors (Lipinski definition) is 2. The van der Waals surface area contributed by atoms with Crippen molar-refractivity contribution in [1.82, 2.24) is 4.90 Å². The van der Waals surface area contributed by atoms with E-state index >= 15 is 0 Å². The molecule has 0 heterocycles. The van der Waals surface area contributed by atoms with Gasteiger partial charge in [0.05, 0.1) is 11.0 Å². The van der Waals surface area contributed by atoms with E-state index < -0.39 is 9.84 Å². The van der Waals surface area contributed by atoms with Gasteiger partial charge in [-0.1, -0.05) is 5.16 Å². The highest BCUT2D eigenvalue weighted by Gasteiger charge is 2.30. The van der Waals surface area contributed by atoms with E-state index in [0.29, 0.717) is 25.6 Å². The lowest BCUT2D eigenvalue weighted by molar-refractivity contribution is 0.281. The van der Waals surface area contributed by atoms with Gasteiger partial charge in [-0.2, -0.15) is 0 Å². The highest BCUT2D eigenvalue weighted by atomic mass is 32.2. The lowest BCUT2D eigenvalue weighted by atomic mass is 10.3. The van der Waals surface area contributed by atoms with E-state index in [1.54, 1.807) is 13.8 Å². The molecule has 0 aromatic rings. The van der Waals surface area contributed by atoms with Gasteiger partial charge >= 0.3 is 0 Å². The van der Waals surface area contributed by atoms with Crippen LogP contribution in [0.2, 0.25) is 0 Å². The second-order valence-corrected chi connectivity index (χ2v) is 7.70. The molecule has 7 heteroatoms. The summed E-state index contributed by atoms with van der Waals surface area (Å²) in [5, 5.41) is 11.1. The van der Waals surface area contributed by atoms with Gasteiger partial charge in [-0.05, 0) is 26.7 Å².